The molecule has 3 nitrogen and oxygen atoms in total. The fourth-order valence-corrected chi connectivity index (χ4v) is 3.56. The second-order valence-electron chi connectivity index (χ2n) is 5.66. The summed E-state index contributed by atoms with van der Waals surface area (Å²) in [7, 11) is 0. The molecule has 0 radical (unpaired) electrons. The van der Waals surface area contributed by atoms with Crippen molar-refractivity contribution in [2.24, 2.45) is 5.92 Å². The zero-order chi connectivity index (χ0) is 12.8. The maximum absolute atomic E-state index is 4.34. The number of aryl methyl sites for hydroxylation is 1. The fraction of sp³-hybridized carbons (Fsp3) is 0.857. The van der Waals surface area contributed by atoms with Crippen molar-refractivity contribution in [1.82, 2.24) is 15.5 Å². The molecule has 102 valence electrons. The number of hydrogen-bond donors (Lipinski definition) is 1. The zero-order valence-corrected chi connectivity index (χ0v) is 12.4. The molecule has 0 unspecified atom stereocenters. The molecule has 0 aromatic carbocycles. The molecule has 0 amide bonds. The first-order valence-electron chi connectivity index (χ1n) is 7.28. The van der Waals surface area contributed by atoms with Crippen molar-refractivity contribution in [1.29, 1.82) is 0 Å². The SMILES string of the molecule is CC(C)NCCCc1nnc(CC2CCCC2)s1. The van der Waals surface area contributed by atoms with Gasteiger partial charge in [0.15, 0.2) is 0 Å². The zero-order valence-electron chi connectivity index (χ0n) is 11.6. The number of nitrogens with zero attached hydrogens (tertiary/aromatic N) is 2. The maximum Gasteiger partial charge on any atom is 0.117 e. The van der Waals surface area contributed by atoms with Gasteiger partial charge in [-0.3, -0.25) is 0 Å². The first-order chi connectivity index (χ1) is 8.74. The van der Waals surface area contributed by atoms with E-state index in [1.54, 1.807) is 0 Å². The summed E-state index contributed by atoms with van der Waals surface area (Å²) in [4.78, 5) is 0. The molecule has 0 bridgehead atoms. The lowest BCUT2D eigenvalue weighted by atomic mass is 10.1. The van der Waals surface area contributed by atoms with E-state index < -0.39 is 0 Å². The summed E-state index contributed by atoms with van der Waals surface area (Å²) in [6.07, 6.45) is 9.02. The minimum Gasteiger partial charge on any atom is -0.315 e. The molecule has 1 heterocycles. The molecule has 1 N–H and O–H groups in total. The van der Waals surface area contributed by atoms with E-state index in [-0.39, 0.29) is 0 Å². The second kappa shape index (κ2) is 7.19. The molecule has 0 atom stereocenters. The topological polar surface area (TPSA) is 37.8 Å². The van der Waals surface area contributed by atoms with Crippen molar-refractivity contribution >= 4 is 11.3 Å². The monoisotopic (exact) mass is 267 g/mol. The highest BCUT2D eigenvalue weighted by molar-refractivity contribution is 7.11. The van der Waals surface area contributed by atoms with Gasteiger partial charge in [0, 0.05) is 18.9 Å². The first kappa shape index (κ1) is 13.9. The number of nitrogens with one attached hydrogen (secondary N) is 1. The summed E-state index contributed by atoms with van der Waals surface area (Å²) < 4.78 is 0. The predicted molar refractivity (Wildman–Crippen MR) is 77.0 cm³/mol. The van der Waals surface area contributed by atoms with Gasteiger partial charge in [0.05, 0.1) is 0 Å². The Kier molecular flexibility index (Phi) is 5.57. The van der Waals surface area contributed by atoms with Crippen molar-refractivity contribution < 1.29 is 0 Å². The lowest BCUT2D eigenvalue weighted by Crippen LogP contribution is -2.23. The Morgan fingerprint density at radius 3 is 2.67 bits per heavy atom. The quantitative estimate of drug-likeness (QED) is 0.771. The molecule has 0 saturated heterocycles. The number of aromatic nitrogens is 2. The Labute approximate surface area is 114 Å². The fourth-order valence-electron chi connectivity index (χ4n) is 2.56. The highest BCUT2D eigenvalue weighted by atomic mass is 32.1. The van der Waals surface area contributed by atoms with Gasteiger partial charge in [-0.15, -0.1) is 21.5 Å². The molecule has 1 fully saturated rings. The van der Waals surface area contributed by atoms with Gasteiger partial charge in [0.1, 0.15) is 10.0 Å². The van der Waals surface area contributed by atoms with Crippen LogP contribution in [0.25, 0.3) is 0 Å². The summed E-state index contributed by atoms with van der Waals surface area (Å²) >= 11 is 1.83. The predicted octanol–water partition coefficient (Wildman–Crippen LogP) is 3.20. The van der Waals surface area contributed by atoms with E-state index >= 15 is 0 Å². The average Bonchev–Trinajstić information content (AvgIpc) is 2.97. The lowest BCUT2D eigenvalue weighted by Gasteiger charge is -2.06. The van der Waals surface area contributed by atoms with Crippen molar-refractivity contribution in [2.45, 2.75) is 64.8 Å². The largest absolute Gasteiger partial charge is 0.315 e. The maximum atomic E-state index is 4.34. The third-order valence-corrected chi connectivity index (χ3v) is 4.57. The Morgan fingerprint density at radius 1 is 1.22 bits per heavy atom. The molecule has 0 aliphatic heterocycles. The van der Waals surface area contributed by atoms with Crippen LogP contribution >= 0.6 is 11.3 Å². The third-order valence-electron chi connectivity index (χ3n) is 3.57. The molecule has 1 aromatic heterocycles. The minimum atomic E-state index is 0.581. The van der Waals surface area contributed by atoms with Crippen molar-refractivity contribution in [3.05, 3.63) is 10.0 Å². The molecular weight excluding hydrogens is 242 g/mol. The van der Waals surface area contributed by atoms with E-state index in [9.17, 15) is 0 Å². The summed E-state index contributed by atoms with van der Waals surface area (Å²) in [5.74, 6) is 0.883. The van der Waals surface area contributed by atoms with E-state index in [4.69, 9.17) is 0 Å². The van der Waals surface area contributed by atoms with Gasteiger partial charge in [0.25, 0.3) is 0 Å². The van der Waals surface area contributed by atoms with Crippen molar-refractivity contribution in [2.75, 3.05) is 6.54 Å². The number of rotatable bonds is 7. The van der Waals surface area contributed by atoms with E-state index in [1.807, 2.05) is 11.3 Å². The summed E-state index contributed by atoms with van der Waals surface area (Å²) in [5, 5.41) is 14.6. The van der Waals surface area contributed by atoms with E-state index in [1.165, 1.54) is 42.1 Å². The first-order valence-corrected chi connectivity index (χ1v) is 8.10. The molecular formula is C14H25N3S. The van der Waals surface area contributed by atoms with Gasteiger partial charge >= 0.3 is 0 Å². The minimum absolute atomic E-state index is 0.581. The van der Waals surface area contributed by atoms with Crippen LogP contribution < -0.4 is 5.32 Å². The van der Waals surface area contributed by atoms with Crippen LogP contribution in [0.4, 0.5) is 0 Å². The molecule has 1 aliphatic rings. The van der Waals surface area contributed by atoms with Gasteiger partial charge in [-0.25, -0.2) is 0 Å². The highest BCUT2D eigenvalue weighted by Gasteiger charge is 2.17. The van der Waals surface area contributed by atoms with E-state index in [2.05, 4.69) is 29.4 Å². The number of hydrogen-bond acceptors (Lipinski definition) is 4. The molecule has 1 aromatic rings. The summed E-state index contributed by atoms with van der Waals surface area (Å²) in [6, 6.07) is 0.581. The van der Waals surface area contributed by atoms with Crippen molar-refractivity contribution in [3.8, 4) is 0 Å². The van der Waals surface area contributed by atoms with Crippen LogP contribution in [0.3, 0.4) is 0 Å². The van der Waals surface area contributed by atoms with Crippen LogP contribution in [0.15, 0.2) is 0 Å². The second-order valence-corrected chi connectivity index (χ2v) is 6.80. The normalized spacial score (nSPS) is 16.8. The molecule has 18 heavy (non-hydrogen) atoms. The van der Waals surface area contributed by atoms with Gasteiger partial charge in [-0.1, -0.05) is 39.5 Å². The van der Waals surface area contributed by atoms with Crippen LogP contribution in [0.2, 0.25) is 0 Å². The van der Waals surface area contributed by atoms with Crippen LogP contribution in [0, 0.1) is 5.92 Å². The lowest BCUT2D eigenvalue weighted by molar-refractivity contribution is 0.542. The molecule has 1 saturated carbocycles. The molecule has 1 aliphatic carbocycles. The Bertz CT molecular complexity index is 343. The Morgan fingerprint density at radius 2 is 1.94 bits per heavy atom. The summed E-state index contributed by atoms with van der Waals surface area (Å²) in [6.45, 7) is 5.45. The van der Waals surface area contributed by atoms with Gasteiger partial charge in [-0.2, -0.15) is 0 Å². The Balaban J connectivity index is 1.68. The van der Waals surface area contributed by atoms with E-state index in [0.717, 1.165) is 25.3 Å². The van der Waals surface area contributed by atoms with Gasteiger partial charge in [-0.05, 0) is 18.9 Å². The van der Waals surface area contributed by atoms with Gasteiger partial charge < -0.3 is 5.32 Å². The standard InChI is InChI=1S/C14H25N3S/c1-11(2)15-9-5-8-13-16-17-14(18-13)10-12-6-3-4-7-12/h11-12,15H,3-10H2,1-2H3. The third kappa shape index (κ3) is 4.65. The highest BCUT2D eigenvalue weighted by Crippen LogP contribution is 2.28. The van der Waals surface area contributed by atoms with Crippen LogP contribution in [0.5, 0.6) is 0 Å². The van der Waals surface area contributed by atoms with Crippen LogP contribution in [0.1, 0.15) is 56.0 Å². The Hall–Kier alpha value is -0.480. The smallest absolute Gasteiger partial charge is 0.117 e. The van der Waals surface area contributed by atoms with Crippen molar-refractivity contribution in [3.63, 3.8) is 0 Å². The molecule has 2 rings (SSSR count). The molecule has 4 heteroatoms. The summed E-state index contributed by atoms with van der Waals surface area (Å²) in [5.41, 5.74) is 0. The van der Waals surface area contributed by atoms with Crippen LogP contribution in [-0.4, -0.2) is 22.8 Å². The van der Waals surface area contributed by atoms with Gasteiger partial charge in [0.2, 0.25) is 0 Å². The van der Waals surface area contributed by atoms with Crippen LogP contribution in [-0.2, 0) is 12.8 Å². The van der Waals surface area contributed by atoms with E-state index in [0.29, 0.717) is 6.04 Å². The average molecular weight is 267 g/mol. The molecule has 0 spiro atoms.